The number of benzene rings is 2. The number of methoxy groups -OCH3 is 1. The lowest BCUT2D eigenvalue weighted by molar-refractivity contribution is -0.438. The van der Waals surface area contributed by atoms with E-state index in [2.05, 4.69) is 10.3 Å². The van der Waals surface area contributed by atoms with Crippen LogP contribution in [-0.2, 0) is 11.3 Å². The second-order valence-electron chi connectivity index (χ2n) is 4.99. The van der Waals surface area contributed by atoms with Crippen molar-refractivity contribution in [2.24, 2.45) is 0 Å². The van der Waals surface area contributed by atoms with Crippen molar-refractivity contribution in [3.05, 3.63) is 60.2 Å². The van der Waals surface area contributed by atoms with Gasteiger partial charge in [-0.05, 0) is 17.7 Å². The topological polar surface area (TPSA) is 55.5 Å². The van der Waals surface area contributed by atoms with E-state index in [-0.39, 0.29) is 5.91 Å². The fourth-order valence-corrected chi connectivity index (χ4v) is 2.40. The van der Waals surface area contributed by atoms with Gasteiger partial charge in [-0.1, -0.05) is 42.5 Å². The van der Waals surface area contributed by atoms with Crippen LogP contribution in [0.15, 0.2) is 54.6 Å². The third-order valence-corrected chi connectivity index (χ3v) is 3.52. The zero-order valence-corrected chi connectivity index (χ0v) is 12.4. The van der Waals surface area contributed by atoms with Crippen LogP contribution in [0.1, 0.15) is 5.56 Å². The van der Waals surface area contributed by atoms with Gasteiger partial charge in [-0.25, -0.2) is 5.32 Å². The second-order valence-corrected chi connectivity index (χ2v) is 4.99. The summed E-state index contributed by atoms with van der Waals surface area (Å²) in [4.78, 5) is 16.9. The van der Waals surface area contributed by atoms with Gasteiger partial charge in [0.05, 0.1) is 7.11 Å². The highest BCUT2D eigenvalue weighted by molar-refractivity contribution is 6.04. The number of ether oxygens (including phenoxy) is 1. The van der Waals surface area contributed by atoms with Crippen molar-refractivity contribution < 1.29 is 14.5 Å². The number of nitrogens with one attached hydrogen (secondary N) is 2. The highest BCUT2D eigenvalue weighted by atomic mass is 16.5. The molecule has 0 saturated heterocycles. The molecule has 0 saturated carbocycles. The Kier molecular flexibility index (Phi) is 4.05. The molecule has 2 aromatic rings. The predicted molar refractivity (Wildman–Crippen MR) is 84.4 cm³/mol. The number of amides is 1. The second kappa shape index (κ2) is 6.30. The van der Waals surface area contributed by atoms with E-state index in [0.29, 0.717) is 19.0 Å². The SMILES string of the molecule is COc1ccccc1NC1=[NH+]CC(=O)N1Cc1ccccc1. The van der Waals surface area contributed by atoms with Gasteiger partial charge < -0.3 is 4.74 Å². The van der Waals surface area contributed by atoms with Crippen LogP contribution in [0.4, 0.5) is 5.69 Å². The molecule has 0 radical (unpaired) electrons. The van der Waals surface area contributed by atoms with Crippen molar-refractivity contribution in [3.8, 4) is 5.75 Å². The van der Waals surface area contributed by atoms with Gasteiger partial charge in [0.1, 0.15) is 12.2 Å². The Labute approximate surface area is 129 Å². The van der Waals surface area contributed by atoms with Crippen LogP contribution in [0.25, 0.3) is 0 Å². The first kappa shape index (κ1) is 14.1. The van der Waals surface area contributed by atoms with Crippen LogP contribution >= 0.6 is 0 Å². The fourth-order valence-electron chi connectivity index (χ4n) is 2.40. The van der Waals surface area contributed by atoms with E-state index in [9.17, 15) is 4.79 Å². The average Bonchev–Trinajstić information content (AvgIpc) is 2.89. The van der Waals surface area contributed by atoms with Crippen molar-refractivity contribution in [1.82, 2.24) is 4.90 Å². The fraction of sp³-hybridized carbons (Fsp3) is 0.176. The molecule has 5 nitrogen and oxygen atoms in total. The summed E-state index contributed by atoms with van der Waals surface area (Å²) >= 11 is 0. The first-order chi connectivity index (χ1) is 10.8. The minimum Gasteiger partial charge on any atom is -0.493 e. The van der Waals surface area contributed by atoms with Gasteiger partial charge in [-0.2, -0.15) is 4.90 Å². The number of carbonyl (C=O) groups excluding carboxylic acids is 1. The van der Waals surface area contributed by atoms with Crippen LogP contribution in [0.3, 0.4) is 0 Å². The zero-order chi connectivity index (χ0) is 15.4. The molecule has 1 amide bonds. The van der Waals surface area contributed by atoms with Crippen LogP contribution in [0.2, 0.25) is 0 Å². The van der Waals surface area contributed by atoms with Gasteiger partial charge in [0.2, 0.25) is 0 Å². The van der Waals surface area contributed by atoms with Gasteiger partial charge in [-0.3, -0.25) is 9.79 Å². The molecule has 1 aliphatic heterocycles. The highest BCUT2D eigenvalue weighted by Gasteiger charge is 2.33. The largest absolute Gasteiger partial charge is 0.493 e. The molecule has 1 aliphatic rings. The van der Waals surface area contributed by atoms with E-state index in [1.807, 2.05) is 54.6 Å². The zero-order valence-electron chi connectivity index (χ0n) is 12.4. The number of para-hydroxylation sites is 2. The molecule has 5 heteroatoms. The Bertz CT molecular complexity index is 698. The number of guanidine groups is 1. The Balaban J connectivity index is 1.79. The third-order valence-electron chi connectivity index (χ3n) is 3.52. The molecule has 2 N–H and O–H groups in total. The van der Waals surface area contributed by atoms with E-state index >= 15 is 0 Å². The van der Waals surface area contributed by atoms with Crippen LogP contribution < -0.4 is 15.0 Å². The number of hydrogen-bond donors (Lipinski definition) is 2. The molecular formula is C17H18N3O2+. The normalized spacial score (nSPS) is 14.0. The molecule has 0 bridgehead atoms. The molecule has 0 spiro atoms. The lowest BCUT2D eigenvalue weighted by Crippen LogP contribution is -2.72. The minimum absolute atomic E-state index is 0.0428. The standard InChI is InChI=1S/C17H17N3O2/c1-22-15-10-6-5-9-14(15)19-17-18-11-16(21)20(17)12-13-7-3-2-4-8-13/h2-10H,11-12H2,1H3,(H,18,19)/p+1. The Morgan fingerprint density at radius 1 is 1.14 bits per heavy atom. The van der Waals surface area contributed by atoms with Gasteiger partial charge >= 0.3 is 11.9 Å². The summed E-state index contributed by atoms with van der Waals surface area (Å²) in [6, 6.07) is 17.5. The third kappa shape index (κ3) is 2.93. The highest BCUT2D eigenvalue weighted by Crippen LogP contribution is 2.23. The quantitative estimate of drug-likeness (QED) is 0.868. The molecule has 22 heavy (non-hydrogen) atoms. The Morgan fingerprint density at radius 3 is 2.64 bits per heavy atom. The van der Waals surface area contributed by atoms with Crippen molar-refractivity contribution >= 4 is 17.6 Å². The van der Waals surface area contributed by atoms with E-state index in [0.717, 1.165) is 17.0 Å². The summed E-state index contributed by atoms with van der Waals surface area (Å²) < 4.78 is 5.33. The number of carbonyl (C=O) groups is 1. The Morgan fingerprint density at radius 2 is 1.86 bits per heavy atom. The maximum Gasteiger partial charge on any atom is 0.359 e. The van der Waals surface area contributed by atoms with Gasteiger partial charge in [-0.15, -0.1) is 0 Å². The summed E-state index contributed by atoms with van der Waals surface area (Å²) in [5, 5.41) is 3.25. The van der Waals surface area contributed by atoms with E-state index in [1.165, 1.54) is 0 Å². The molecule has 0 fully saturated rings. The molecule has 1 heterocycles. The summed E-state index contributed by atoms with van der Waals surface area (Å²) in [5.41, 5.74) is 1.90. The molecule has 0 aliphatic carbocycles. The summed E-state index contributed by atoms with van der Waals surface area (Å²) in [6.45, 7) is 0.828. The van der Waals surface area contributed by atoms with E-state index in [4.69, 9.17) is 4.74 Å². The van der Waals surface area contributed by atoms with Crippen molar-refractivity contribution in [1.29, 1.82) is 0 Å². The smallest absolute Gasteiger partial charge is 0.359 e. The summed E-state index contributed by atoms with van der Waals surface area (Å²) in [5.74, 6) is 1.45. The first-order valence-electron chi connectivity index (χ1n) is 7.13. The van der Waals surface area contributed by atoms with E-state index < -0.39 is 0 Å². The maximum atomic E-state index is 12.1. The maximum absolute atomic E-state index is 12.1. The van der Waals surface area contributed by atoms with Crippen LogP contribution in [0.5, 0.6) is 5.75 Å². The monoisotopic (exact) mass is 296 g/mol. The number of nitrogens with zero attached hydrogens (tertiary/aromatic N) is 1. The molecule has 0 unspecified atom stereocenters. The molecule has 0 aromatic heterocycles. The molecule has 0 atom stereocenters. The van der Waals surface area contributed by atoms with Gasteiger partial charge in [0.25, 0.3) is 0 Å². The molecular weight excluding hydrogens is 278 g/mol. The van der Waals surface area contributed by atoms with Crippen LogP contribution in [0, 0.1) is 0 Å². The van der Waals surface area contributed by atoms with Crippen molar-refractivity contribution in [3.63, 3.8) is 0 Å². The van der Waals surface area contributed by atoms with Crippen molar-refractivity contribution in [2.45, 2.75) is 6.54 Å². The number of anilines is 1. The van der Waals surface area contributed by atoms with Gasteiger partial charge in [0, 0.05) is 0 Å². The number of rotatable bonds is 4. The van der Waals surface area contributed by atoms with Crippen LogP contribution in [-0.4, -0.2) is 30.4 Å². The van der Waals surface area contributed by atoms with Crippen molar-refractivity contribution in [2.75, 3.05) is 19.0 Å². The summed E-state index contributed by atoms with van der Waals surface area (Å²) in [7, 11) is 1.63. The summed E-state index contributed by atoms with van der Waals surface area (Å²) in [6.07, 6.45) is 0. The van der Waals surface area contributed by atoms with Gasteiger partial charge in [0.15, 0.2) is 12.3 Å². The minimum atomic E-state index is 0.0428. The first-order valence-corrected chi connectivity index (χ1v) is 7.13. The average molecular weight is 296 g/mol. The molecule has 2 aromatic carbocycles. The molecule has 3 rings (SSSR count). The lowest BCUT2D eigenvalue weighted by atomic mass is 10.2. The molecule has 112 valence electrons. The van der Waals surface area contributed by atoms with E-state index in [1.54, 1.807) is 12.0 Å². The lowest BCUT2D eigenvalue weighted by Gasteiger charge is -2.13. The Hall–Kier alpha value is -2.82. The number of hydrogen-bond acceptors (Lipinski definition) is 3. The predicted octanol–water partition coefficient (Wildman–Crippen LogP) is 0.586.